The Morgan fingerprint density at radius 3 is 2.42 bits per heavy atom. The van der Waals surface area contributed by atoms with Gasteiger partial charge in [0.25, 0.3) is 0 Å². The number of carboxylic acids is 1. The lowest BCUT2D eigenvalue weighted by Gasteiger charge is -2.25. The van der Waals surface area contributed by atoms with Crippen LogP contribution in [0.1, 0.15) is 18.4 Å². The van der Waals surface area contributed by atoms with Crippen LogP contribution in [0.4, 0.5) is 0 Å². The topological polar surface area (TPSA) is 119 Å². The summed E-state index contributed by atoms with van der Waals surface area (Å²) in [4.78, 5) is 10.7. The second kappa shape index (κ2) is 6.51. The van der Waals surface area contributed by atoms with Crippen LogP contribution >= 0.6 is 0 Å². The zero-order chi connectivity index (χ0) is 14.5. The van der Waals surface area contributed by atoms with Crippen molar-refractivity contribution in [3.05, 3.63) is 29.8 Å². The predicted octanol–water partition coefficient (Wildman–Crippen LogP) is 0.0771. The fourth-order valence-electron chi connectivity index (χ4n) is 1.67. The molecule has 0 heterocycles. The summed E-state index contributed by atoms with van der Waals surface area (Å²) in [6.07, 6.45) is 0.252. The summed E-state index contributed by atoms with van der Waals surface area (Å²) in [7, 11) is 1.60. The van der Waals surface area contributed by atoms with E-state index < -0.39 is 17.7 Å². The summed E-state index contributed by atoms with van der Waals surface area (Å²) in [5, 5.41) is 18.4. The van der Waals surface area contributed by atoms with Crippen LogP contribution in [0.3, 0.4) is 0 Å². The minimum atomic E-state index is -2.10. The average Bonchev–Trinajstić information content (AvgIpc) is 2.39. The quantitative estimate of drug-likeness (QED) is 0.520. The monoisotopic (exact) mass is 268 g/mol. The molecule has 1 aromatic rings. The van der Waals surface area contributed by atoms with E-state index in [0.717, 1.165) is 11.3 Å². The molecule has 6 nitrogen and oxygen atoms in total. The van der Waals surface area contributed by atoms with Gasteiger partial charge < -0.3 is 26.4 Å². The van der Waals surface area contributed by atoms with Gasteiger partial charge in [-0.1, -0.05) is 12.1 Å². The third-order valence-electron chi connectivity index (χ3n) is 3.02. The highest BCUT2D eigenvalue weighted by Gasteiger charge is 2.36. The number of aryl methyl sites for hydroxylation is 1. The number of nitrogens with two attached hydrogens (primary N) is 2. The SMILES string of the molecule is COc1ccc(CCCC(O)C(N)(N)C(=O)O)cc1. The van der Waals surface area contributed by atoms with Crippen molar-refractivity contribution in [2.75, 3.05) is 7.11 Å². The van der Waals surface area contributed by atoms with Gasteiger partial charge in [0.15, 0.2) is 5.66 Å². The van der Waals surface area contributed by atoms with Crippen LogP contribution in [0.25, 0.3) is 0 Å². The first-order valence-corrected chi connectivity index (χ1v) is 6.00. The zero-order valence-electron chi connectivity index (χ0n) is 10.9. The standard InChI is InChI=1S/C13H20N2O4/c1-19-10-7-5-9(6-8-10)3-2-4-11(16)13(14,15)12(17)18/h5-8,11,16H,2-4,14-15H2,1H3,(H,17,18). The van der Waals surface area contributed by atoms with Crippen molar-refractivity contribution >= 4 is 5.97 Å². The number of carbonyl (C=O) groups is 1. The molecule has 0 fully saturated rings. The minimum absolute atomic E-state index is 0.228. The maximum absolute atomic E-state index is 10.7. The molecule has 0 bridgehead atoms. The van der Waals surface area contributed by atoms with Crippen LogP contribution in [-0.4, -0.2) is 35.1 Å². The van der Waals surface area contributed by atoms with E-state index >= 15 is 0 Å². The minimum Gasteiger partial charge on any atom is -0.497 e. The van der Waals surface area contributed by atoms with E-state index in [1.807, 2.05) is 24.3 Å². The summed E-state index contributed by atoms with van der Waals surface area (Å²) >= 11 is 0. The Labute approximate surface area is 112 Å². The van der Waals surface area contributed by atoms with Crippen molar-refractivity contribution in [3.63, 3.8) is 0 Å². The Hall–Kier alpha value is -1.63. The molecule has 1 rings (SSSR count). The number of hydrogen-bond acceptors (Lipinski definition) is 5. The third kappa shape index (κ3) is 4.20. The number of methoxy groups -OCH3 is 1. The van der Waals surface area contributed by atoms with E-state index in [4.69, 9.17) is 21.3 Å². The summed E-state index contributed by atoms with van der Waals surface area (Å²) in [6.45, 7) is 0. The lowest BCUT2D eigenvalue weighted by atomic mass is 9.98. The highest BCUT2D eigenvalue weighted by atomic mass is 16.5. The Morgan fingerprint density at radius 1 is 1.37 bits per heavy atom. The smallest absolute Gasteiger partial charge is 0.341 e. The molecule has 0 aliphatic rings. The summed E-state index contributed by atoms with van der Waals surface area (Å²) < 4.78 is 5.04. The van der Waals surface area contributed by atoms with Crippen LogP contribution in [0.2, 0.25) is 0 Å². The first kappa shape index (κ1) is 15.4. The third-order valence-corrected chi connectivity index (χ3v) is 3.02. The fourth-order valence-corrected chi connectivity index (χ4v) is 1.67. The van der Waals surface area contributed by atoms with Gasteiger partial charge >= 0.3 is 5.97 Å². The molecule has 1 unspecified atom stereocenters. The van der Waals surface area contributed by atoms with Gasteiger partial charge in [-0.3, -0.25) is 0 Å². The molecule has 106 valence electrons. The van der Waals surface area contributed by atoms with Crippen LogP contribution in [0, 0.1) is 0 Å². The molecule has 19 heavy (non-hydrogen) atoms. The summed E-state index contributed by atoms with van der Waals surface area (Å²) in [5.74, 6) is -0.637. The number of aliphatic carboxylic acids is 1. The van der Waals surface area contributed by atoms with E-state index in [-0.39, 0.29) is 6.42 Å². The van der Waals surface area contributed by atoms with Crippen LogP contribution < -0.4 is 16.2 Å². The van der Waals surface area contributed by atoms with Gasteiger partial charge in [-0.25, -0.2) is 4.79 Å². The first-order valence-electron chi connectivity index (χ1n) is 6.00. The Kier molecular flexibility index (Phi) is 5.29. The molecule has 0 aliphatic carbocycles. The maximum atomic E-state index is 10.7. The normalized spacial score (nSPS) is 13.1. The molecule has 6 N–H and O–H groups in total. The number of carboxylic acid groups (broad SMARTS) is 1. The Morgan fingerprint density at radius 2 is 1.95 bits per heavy atom. The van der Waals surface area contributed by atoms with Gasteiger partial charge in [0.2, 0.25) is 0 Å². The summed E-state index contributed by atoms with van der Waals surface area (Å²) in [5.41, 5.74) is 9.64. The van der Waals surface area contributed by atoms with Crippen molar-refractivity contribution in [2.24, 2.45) is 11.5 Å². The highest BCUT2D eigenvalue weighted by Crippen LogP contribution is 2.15. The summed E-state index contributed by atoms with van der Waals surface area (Å²) in [6, 6.07) is 7.53. The Bertz CT molecular complexity index is 417. The van der Waals surface area contributed by atoms with Gasteiger partial charge in [0, 0.05) is 0 Å². The maximum Gasteiger partial charge on any atom is 0.341 e. The number of hydrogen-bond donors (Lipinski definition) is 4. The second-order valence-electron chi connectivity index (χ2n) is 4.49. The molecule has 0 aliphatic heterocycles. The molecule has 1 atom stereocenters. The zero-order valence-corrected chi connectivity index (χ0v) is 10.9. The van der Waals surface area contributed by atoms with Crippen molar-refractivity contribution in [1.29, 1.82) is 0 Å². The highest BCUT2D eigenvalue weighted by molar-refractivity contribution is 5.78. The van der Waals surface area contributed by atoms with Gasteiger partial charge in [-0.15, -0.1) is 0 Å². The predicted molar refractivity (Wildman–Crippen MR) is 70.7 cm³/mol. The number of benzene rings is 1. The average molecular weight is 268 g/mol. The molecule has 0 aromatic heterocycles. The van der Waals surface area contributed by atoms with E-state index in [9.17, 15) is 9.90 Å². The molecule has 0 saturated carbocycles. The van der Waals surface area contributed by atoms with Crippen LogP contribution in [-0.2, 0) is 11.2 Å². The number of rotatable bonds is 7. The lowest BCUT2D eigenvalue weighted by molar-refractivity contribution is -0.148. The molecule has 0 radical (unpaired) electrons. The van der Waals surface area contributed by atoms with Crippen molar-refractivity contribution in [2.45, 2.75) is 31.0 Å². The van der Waals surface area contributed by atoms with Gasteiger partial charge in [-0.2, -0.15) is 0 Å². The molecule has 0 spiro atoms. The largest absolute Gasteiger partial charge is 0.497 e. The van der Waals surface area contributed by atoms with Gasteiger partial charge in [0.05, 0.1) is 13.2 Å². The van der Waals surface area contributed by atoms with Crippen LogP contribution in [0.5, 0.6) is 5.75 Å². The molecule has 1 aromatic carbocycles. The van der Waals surface area contributed by atoms with Crippen LogP contribution in [0.15, 0.2) is 24.3 Å². The molecular formula is C13H20N2O4. The van der Waals surface area contributed by atoms with Crippen molar-refractivity contribution < 1.29 is 19.7 Å². The van der Waals surface area contributed by atoms with Gasteiger partial charge in [-0.05, 0) is 37.0 Å². The molecular weight excluding hydrogens is 248 g/mol. The van der Waals surface area contributed by atoms with E-state index in [1.165, 1.54) is 0 Å². The van der Waals surface area contributed by atoms with Crippen molar-refractivity contribution in [1.82, 2.24) is 0 Å². The first-order chi connectivity index (χ1) is 8.87. The fraction of sp³-hybridized carbons (Fsp3) is 0.462. The van der Waals surface area contributed by atoms with E-state index in [1.54, 1.807) is 7.11 Å². The molecule has 0 saturated heterocycles. The Balaban J connectivity index is 2.43. The van der Waals surface area contributed by atoms with Crippen molar-refractivity contribution in [3.8, 4) is 5.75 Å². The number of aliphatic hydroxyl groups is 1. The van der Waals surface area contributed by atoms with Gasteiger partial charge in [0.1, 0.15) is 5.75 Å². The van der Waals surface area contributed by atoms with E-state index in [2.05, 4.69) is 0 Å². The lowest BCUT2D eigenvalue weighted by Crippen LogP contribution is -2.64. The molecule has 0 amide bonds. The van der Waals surface area contributed by atoms with E-state index in [0.29, 0.717) is 12.8 Å². The molecule has 6 heteroatoms. The number of ether oxygens (including phenoxy) is 1. The second-order valence-corrected chi connectivity index (χ2v) is 4.49. The number of aliphatic hydroxyl groups excluding tert-OH is 1.